The third-order valence-electron chi connectivity index (χ3n) is 3.47. The first-order valence-electron chi connectivity index (χ1n) is 5.37. The zero-order chi connectivity index (χ0) is 11.1. The van der Waals surface area contributed by atoms with Crippen molar-refractivity contribution >= 4 is 11.9 Å². The molecule has 2 aliphatic rings. The summed E-state index contributed by atoms with van der Waals surface area (Å²) in [5.41, 5.74) is 5.14. The lowest BCUT2D eigenvalue weighted by atomic mass is 9.76. The van der Waals surface area contributed by atoms with Gasteiger partial charge in [-0.2, -0.15) is 0 Å². The summed E-state index contributed by atoms with van der Waals surface area (Å²) >= 11 is 0. The van der Waals surface area contributed by atoms with Crippen molar-refractivity contribution in [1.29, 1.82) is 0 Å². The minimum absolute atomic E-state index is 0.168. The summed E-state index contributed by atoms with van der Waals surface area (Å²) in [6, 6.07) is -0.654. The van der Waals surface area contributed by atoms with Gasteiger partial charge >= 0.3 is 5.97 Å². The Bertz CT molecular complexity index is 299. The molecule has 3 N–H and O–H groups in total. The lowest BCUT2D eigenvalue weighted by molar-refractivity contribution is -0.152. The number of carbonyl (C=O) groups is 2. The number of aliphatic carboxylic acids is 1. The second-order valence-corrected chi connectivity index (χ2v) is 4.50. The van der Waals surface area contributed by atoms with Crippen LogP contribution in [0, 0.1) is 0 Å². The molecule has 1 atom stereocenters. The Morgan fingerprint density at radius 2 is 2.00 bits per heavy atom. The van der Waals surface area contributed by atoms with E-state index in [1.165, 1.54) is 4.90 Å². The number of carbonyl (C=O) groups excluding carboxylic acids is 1. The van der Waals surface area contributed by atoms with Gasteiger partial charge in [0.1, 0.15) is 6.04 Å². The van der Waals surface area contributed by atoms with Crippen molar-refractivity contribution in [2.75, 3.05) is 6.54 Å². The number of nitrogens with zero attached hydrogens (tertiary/aromatic N) is 1. The molecular formula is C10H16N2O3. The maximum absolute atomic E-state index is 12.0. The molecular weight excluding hydrogens is 196 g/mol. The Kier molecular flexibility index (Phi) is 2.42. The number of rotatable bonds is 2. The molecule has 5 nitrogen and oxygen atoms in total. The number of hydrogen-bond donors (Lipinski definition) is 2. The predicted octanol–water partition coefficient (Wildman–Crippen LogP) is -0.0566. The Morgan fingerprint density at radius 1 is 1.33 bits per heavy atom. The van der Waals surface area contributed by atoms with E-state index in [0.29, 0.717) is 25.8 Å². The third-order valence-corrected chi connectivity index (χ3v) is 3.47. The van der Waals surface area contributed by atoms with E-state index in [0.717, 1.165) is 12.8 Å². The van der Waals surface area contributed by atoms with Gasteiger partial charge in [0.25, 0.3) is 0 Å². The summed E-state index contributed by atoms with van der Waals surface area (Å²) in [5.74, 6) is -1.08. The van der Waals surface area contributed by atoms with Gasteiger partial charge in [0.2, 0.25) is 5.91 Å². The Morgan fingerprint density at radius 3 is 2.47 bits per heavy atom. The number of amides is 1. The standard InChI is InChI=1S/C10H16N2O3/c11-10(4-2-5-10)9(15)12-6-1-3-7(12)8(13)14/h7H,1-6,11H2,(H,13,14)/t7-/m1/s1. The average Bonchev–Trinajstić information content (AvgIpc) is 2.61. The van der Waals surface area contributed by atoms with Gasteiger partial charge in [-0.05, 0) is 32.1 Å². The molecule has 1 aliphatic carbocycles. The van der Waals surface area contributed by atoms with Crippen LogP contribution >= 0.6 is 0 Å². The van der Waals surface area contributed by atoms with Gasteiger partial charge < -0.3 is 15.7 Å². The van der Waals surface area contributed by atoms with Crippen LogP contribution in [0.15, 0.2) is 0 Å². The van der Waals surface area contributed by atoms with Crippen LogP contribution in [0.1, 0.15) is 32.1 Å². The van der Waals surface area contributed by atoms with Crippen molar-refractivity contribution in [1.82, 2.24) is 4.90 Å². The van der Waals surface area contributed by atoms with Gasteiger partial charge in [-0.25, -0.2) is 4.79 Å². The van der Waals surface area contributed by atoms with Crippen LogP contribution in [-0.2, 0) is 9.59 Å². The fraction of sp³-hybridized carbons (Fsp3) is 0.800. The number of carboxylic acids is 1. The first-order chi connectivity index (χ1) is 7.04. The van der Waals surface area contributed by atoms with E-state index in [1.807, 2.05) is 0 Å². The van der Waals surface area contributed by atoms with Crippen LogP contribution in [0.5, 0.6) is 0 Å². The van der Waals surface area contributed by atoms with Crippen LogP contribution in [0.3, 0.4) is 0 Å². The zero-order valence-electron chi connectivity index (χ0n) is 8.61. The van der Waals surface area contributed by atoms with E-state index in [-0.39, 0.29) is 5.91 Å². The molecule has 2 fully saturated rings. The summed E-state index contributed by atoms with van der Waals surface area (Å²) in [4.78, 5) is 24.4. The topological polar surface area (TPSA) is 83.6 Å². The molecule has 0 aromatic carbocycles. The maximum atomic E-state index is 12.0. The molecule has 0 aromatic rings. The lowest BCUT2D eigenvalue weighted by Crippen LogP contribution is -2.61. The molecule has 1 heterocycles. The Labute approximate surface area is 88.2 Å². The minimum Gasteiger partial charge on any atom is -0.480 e. The fourth-order valence-corrected chi connectivity index (χ4v) is 2.32. The first kappa shape index (κ1) is 10.4. The van der Waals surface area contributed by atoms with Gasteiger partial charge in [0.15, 0.2) is 0 Å². The predicted molar refractivity (Wildman–Crippen MR) is 53.1 cm³/mol. The number of likely N-dealkylation sites (tertiary alicyclic amines) is 1. The molecule has 1 saturated carbocycles. The zero-order valence-corrected chi connectivity index (χ0v) is 8.61. The van der Waals surface area contributed by atoms with Crippen LogP contribution in [0.25, 0.3) is 0 Å². The second kappa shape index (κ2) is 3.48. The van der Waals surface area contributed by atoms with Crippen molar-refractivity contribution < 1.29 is 14.7 Å². The molecule has 0 bridgehead atoms. The highest BCUT2D eigenvalue weighted by Gasteiger charge is 2.46. The van der Waals surface area contributed by atoms with Gasteiger partial charge in [-0.15, -0.1) is 0 Å². The molecule has 15 heavy (non-hydrogen) atoms. The highest BCUT2D eigenvalue weighted by Crippen LogP contribution is 2.33. The number of carboxylic acid groups (broad SMARTS) is 1. The monoisotopic (exact) mass is 212 g/mol. The Balaban J connectivity index is 2.09. The SMILES string of the molecule is NC1(C(=O)N2CCC[C@@H]2C(=O)O)CCC1. The lowest BCUT2D eigenvalue weighted by Gasteiger charge is -2.40. The molecule has 1 saturated heterocycles. The molecule has 5 heteroatoms. The van der Waals surface area contributed by atoms with E-state index in [9.17, 15) is 9.59 Å². The third kappa shape index (κ3) is 1.61. The van der Waals surface area contributed by atoms with Crippen molar-refractivity contribution in [2.24, 2.45) is 5.73 Å². The largest absolute Gasteiger partial charge is 0.480 e. The number of hydrogen-bond acceptors (Lipinski definition) is 3. The second-order valence-electron chi connectivity index (χ2n) is 4.50. The molecule has 0 radical (unpaired) electrons. The highest BCUT2D eigenvalue weighted by molar-refractivity contribution is 5.91. The molecule has 0 aromatic heterocycles. The van der Waals surface area contributed by atoms with E-state index < -0.39 is 17.6 Å². The van der Waals surface area contributed by atoms with Crippen molar-refractivity contribution in [3.8, 4) is 0 Å². The van der Waals surface area contributed by atoms with E-state index in [2.05, 4.69) is 0 Å². The molecule has 1 aliphatic heterocycles. The van der Waals surface area contributed by atoms with Crippen molar-refractivity contribution in [2.45, 2.75) is 43.7 Å². The van der Waals surface area contributed by atoms with Crippen LogP contribution in [0.2, 0.25) is 0 Å². The van der Waals surface area contributed by atoms with Gasteiger partial charge in [0.05, 0.1) is 5.54 Å². The summed E-state index contributed by atoms with van der Waals surface area (Å²) in [5, 5.41) is 8.95. The Hall–Kier alpha value is -1.10. The molecule has 2 rings (SSSR count). The van der Waals surface area contributed by atoms with E-state index in [4.69, 9.17) is 10.8 Å². The van der Waals surface area contributed by atoms with E-state index in [1.54, 1.807) is 0 Å². The summed E-state index contributed by atoms with van der Waals surface area (Å²) < 4.78 is 0. The molecule has 0 unspecified atom stereocenters. The van der Waals surface area contributed by atoms with Crippen LogP contribution in [0.4, 0.5) is 0 Å². The first-order valence-corrected chi connectivity index (χ1v) is 5.37. The van der Waals surface area contributed by atoms with Gasteiger partial charge in [-0.3, -0.25) is 4.79 Å². The van der Waals surface area contributed by atoms with Crippen molar-refractivity contribution in [3.63, 3.8) is 0 Å². The number of nitrogens with two attached hydrogens (primary N) is 1. The highest BCUT2D eigenvalue weighted by atomic mass is 16.4. The fourth-order valence-electron chi connectivity index (χ4n) is 2.32. The average molecular weight is 212 g/mol. The van der Waals surface area contributed by atoms with Gasteiger partial charge in [-0.1, -0.05) is 0 Å². The summed E-state index contributed by atoms with van der Waals surface area (Å²) in [6.45, 7) is 0.536. The smallest absolute Gasteiger partial charge is 0.326 e. The molecule has 0 spiro atoms. The minimum atomic E-state index is -0.913. The molecule has 1 amide bonds. The summed E-state index contributed by atoms with van der Waals surface area (Å²) in [6.07, 6.45) is 3.66. The normalized spacial score (nSPS) is 28.6. The molecule has 84 valence electrons. The summed E-state index contributed by atoms with van der Waals surface area (Å²) in [7, 11) is 0. The van der Waals surface area contributed by atoms with E-state index >= 15 is 0 Å². The maximum Gasteiger partial charge on any atom is 0.326 e. The quantitative estimate of drug-likeness (QED) is 0.672. The van der Waals surface area contributed by atoms with Gasteiger partial charge in [0, 0.05) is 6.54 Å². The van der Waals surface area contributed by atoms with Crippen LogP contribution < -0.4 is 5.73 Å². The van der Waals surface area contributed by atoms with Crippen molar-refractivity contribution in [3.05, 3.63) is 0 Å². The van der Waals surface area contributed by atoms with Crippen LogP contribution in [-0.4, -0.2) is 40.0 Å².